The van der Waals surface area contributed by atoms with E-state index in [1.165, 1.54) is 14.2 Å². The lowest BCUT2D eigenvalue weighted by Gasteiger charge is -2.46. The van der Waals surface area contributed by atoms with Gasteiger partial charge in [0.1, 0.15) is 9.11 Å². The molecule has 0 spiro atoms. The zero-order valence-corrected chi connectivity index (χ0v) is 19.5. The topological polar surface area (TPSA) is 86.7 Å². The lowest BCUT2D eigenvalue weighted by molar-refractivity contribution is 0.00298. The molecule has 2 aromatic rings. The van der Waals surface area contributed by atoms with Crippen LogP contribution in [0.3, 0.4) is 0 Å². The number of methoxy groups -OCH3 is 2. The van der Waals surface area contributed by atoms with E-state index in [1.807, 2.05) is 19.2 Å². The van der Waals surface area contributed by atoms with E-state index in [9.17, 15) is 9.90 Å². The third-order valence-electron chi connectivity index (χ3n) is 6.26. The molecule has 164 valence electrons. The summed E-state index contributed by atoms with van der Waals surface area (Å²) < 4.78 is 27.4. The van der Waals surface area contributed by atoms with Crippen LogP contribution in [0.1, 0.15) is 38.7 Å². The molecule has 0 unspecified atom stereocenters. The van der Waals surface area contributed by atoms with Crippen molar-refractivity contribution in [1.82, 2.24) is 4.90 Å². The quantitative estimate of drug-likeness (QED) is 0.275. The predicted molar refractivity (Wildman–Crippen MR) is 118 cm³/mol. The number of alkyl halides is 1. The van der Waals surface area contributed by atoms with E-state index in [0.717, 1.165) is 29.7 Å². The van der Waals surface area contributed by atoms with Gasteiger partial charge >= 0.3 is 5.97 Å². The van der Waals surface area contributed by atoms with Crippen LogP contribution in [0.25, 0.3) is 0 Å². The predicted octanol–water partition coefficient (Wildman–Crippen LogP) is 2.91. The number of aliphatic hydroxyl groups is 1. The number of fused-ring (bicyclic) bond motifs is 3. The second kappa shape index (κ2) is 7.42. The number of hydrogen-bond acceptors (Lipinski definition) is 8. The molecule has 5 rings (SSSR count). The van der Waals surface area contributed by atoms with Gasteiger partial charge in [-0.1, -0.05) is 28.7 Å². The van der Waals surface area contributed by atoms with Gasteiger partial charge in [0.05, 0.1) is 20.8 Å². The summed E-state index contributed by atoms with van der Waals surface area (Å²) in [5.74, 6) is 1.56. The molecule has 0 amide bonds. The van der Waals surface area contributed by atoms with Crippen LogP contribution in [0.4, 0.5) is 0 Å². The Kier molecular flexibility index (Phi) is 4.94. The second-order valence-corrected chi connectivity index (χ2v) is 9.32. The summed E-state index contributed by atoms with van der Waals surface area (Å²) in [7, 11) is 5.03. The van der Waals surface area contributed by atoms with Gasteiger partial charge in [-0.25, -0.2) is 4.79 Å². The first-order valence-corrected chi connectivity index (χ1v) is 10.9. The monoisotopic (exact) mass is 539 g/mol. The Morgan fingerprint density at radius 3 is 2.81 bits per heavy atom. The SMILES string of the molecule is COc1ccc2c(c1OC)C(=O)O[C@@H]2[C@@]1(I)c2c(cc3c(c2CO)OCO3)CCN1C. The summed E-state index contributed by atoms with van der Waals surface area (Å²) in [6.07, 6.45) is 0.157. The first kappa shape index (κ1) is 20.7. The van der Waals surface area contributed by atoms with E-state index < -0.39 is 15.6 Å². The summed E-state index contributed by atoms with van der Waals surface area (Å²) in [4.78, 5) is 15.1. The number of halogens is 1. The number of nitrogens with zero attached hydrogens (tertiary/aromatic N) is 1. The highest BCUT2D eigenvalue weighted by atomic mass is 127. The Bertz CT molecular complexity index is 1090. The number of esters is 1. The summed E-state index contributed by atoms with van der Waals surface area (Å²) in [5, 5.41) is 10.3. The van der Waals surface area contributed by atoms with Gasteiger partial charge in [0.15, 0.2) is 29.1 Å². The number of carbonyl (C=O) groups excluding carboxylic acids is 1. The third kappa shape index (κ3) is 2.76. The van der Waals surface area contributed by atoms with Crippen LogP contribution in [0.15, 0.2) is 18.2 Å². The van der Waals surface area contributed by atoms with Crippen molar-refractivity contribution in [2.24, 2.45) is 0 Å². The number of aliphatic hydroxyl groups excluding tert-OH is 1. The van der Waals surface area contributed by atoms with E-state index in [0.29, 0.717) is 34.1 Å². The zero-order valence-electron chi connectivity index (χ0n) is 17.4. The van der Waals surface area contributed by atoms with E-state index >= 15 is 0 Å². The molecule has 0 aliphatic carbocycles. The minimum absolute atomic E-state index is 0.119. The van der Waals surface area contributed by atoms with Crippen molar-refractivity contribution in [3.63, 3.8) is 0 Å². The molecule has 2 aromatic carbocycles. The van der Waals surface area contributed by atoms with E-state index in [1.54, 1.807) is 6.07 Å². The molecule has 9 heteroatoms. The van der Waals surface area contributed by atoms with Crippen LogP contribution in [0, 0.1) is 0 Å². The van der Waals surface area contributed by atoms with Crippen LogP contribution in [-0.2, 0) is 21.3 Å². The van der Waals surface area contributed by atoms with Gasteiger partial charge in [-0.05, 0) is 36.7 Å². The van der Waals surface area contributed by atoms with Crippen LogP contribution in [-0.4, -0.2) is 50.6 Å². The molecule has 31 heavy (non-hydrogen) atoms. The molecule has 0 saturated carbocycles. The molecule has 8 nitrogen and oxygen atoms in total. The highest BCUT2D eigenvalue weighted by Gasteiger charge is 2.54. The van der Waals surface area contributed by atoms with Crippen molar-refractivity contribution in [2.75, 3.05) is 34.6 Å². The van der Waals surface area contributed by atoms with E-state index in [2.05, 4.69) is 27.5 Å². The van der Waals surface area contributed by atoms with Gasteiger partial charge in [0.2, 0.25) is 6.79 Å². The van der Waals surface area contributed by atoms with Crippen LogP contribution in [0.5, 0.6) is 23.0 Å². The maximum atomic E-state index is 13.0. The number of ether oxygens (including phenoxy) is 5. The van der Waals surface area contributed by atoms with Gasteiger partial charge < -0.3 is 28.8 Å². The maximum Gasteiger partial charge on any atom is 0.343 e. The summed E-state index contributed by atoms with van der Waals surface area (Å²) >= 11 is 2.34. The Balaban J connectivity index is 1.74. The second-order valence-electron chi connectivity index (χ2n) is 7.68. The van der Waals surface area contributed by atoms with Crippen molar-refractivity contribution in [2.45, 2.75) is 22.7 Å². The summed E-state index contributed by atoms with van der Waals surface area (Å²) in [6, 6.07) is 5.60. The molecule has 1 N–H and O–H groups in total. The first-order chi connectivity index (χ1) is 14.9. The van der Waals surface area contributed by atoms with Gasteiger partial charge in [-0.3, -0.25) is 4.90 Å². The molecule has 3 aliphatic heterocycles. The smallest absolute Gasteiger partial charge is 0.343 e. The first-order valence-electron chi connectivity index (χ1n) is 9.87. The van der Waals surface area contributed by atoms with Crippen molar-refractivity contribution in [3.05, 3.63) is 46.0 Å². The Morgan fingerprint density at radius 2 is 2.10 bits per heavy atom. The standard InChI is InChI=1S/C22H22INO7/c1-24-7-6-11-8-15-18(30-10-29-15)13(9-25)17(11)22(24,23)20-12-4-5-14(27-2)19(28-3)16(12)21(26)31-20/h4-5,8,20,25H,6-7,9-10H2,1-3H3/t20-,22+/m0/s1. The largest absolute Gasteiger partial charge is 0.493 e. The summed E-state index contributed by atoms with van der Waals surface area (Å²) in [5.41, 5.74) is 3.70. The maximum absolute atomic E-state index is 13.0. The molecule has 3 heterocycles. The summed E-state index contributed by atoms with van der Waals surface area (Å²) in [6.45, 7) is 0.650. The number of hydrogen-bond donors (Lipinski definition) is 1. The van der Waals surface area contributed by atoms with Crippen molar-refractivity contribution < 1.29 is 33.6 Å². The molecule has 0 aromatic heterocycles. The van der Waals surface area contributed by atoms with Gasteiger partial charge in [-0.2, -0.15) is 0 Å². The molecular formula is C22H22INO7. The Labute approximate surface area is 193 Å². The Morgan fingerprint density at radius 1 is 1.29 bits per heavy atom. The number of carbonyl (C=O) groups is 1. The molecule has 0 bridgehead atoms. The average molecular weight is 539 g/mol. The fourth-order valence-electron chi connectivity index (χ4n) is 4.81. The number of rotatable bonds is 4. The van der Waals surface area contributed by atoms with Gasteiger partial charge in [0.25, 0.3) is 0 Å². The van der Waals surface area contributed by atoms with Crippen molar-refractivity contribution in [1.29, 1.82) is 0 Å². The highest BCUT2D eigenvalue weighted by Crippen LogP contribution is 2.58. The fourth-order valence-corrected chi connectivity index (χ4v) is 6.19. The van der Waals surface area contributed by atoms with E-state index in [-0.39, 0.29) is 13.4 Å². The normalized spacial score (nSPS) is 23.9. The van der Waals surface area contributed by atoms with Crippen LogP contribution < -0.4 is 18.9 Å². The average Bonchev–Trinajstić information content (AvgIpc) is 3.38. The van der Waals surface area contributed by atoms with Crippen LogP contribution >= 0.6 is 22.6 Å². The zero-order chi connectivity index (χ0) is 21.9. The van der Waals surface area contributed by atoms with Crippen LogP contribution in [0.2, 0.25) is 0 Å². The molecule has 0 saturated heterocycles. The number of likely N-dealkylation sites (N-methyl/N-ethyl adjacent to an activating group) is 1. The molecule has 0 fully saturated rings. The van der Waals surface area contributed by atoms with E-state index in [4.69, 9.17) is 23.7 Å². The van der Waals surface area contributed by atoms with Gasteiger partial charge in [0, 0.05) is 17.7 Å². The highest BCUT2D eigenvalue weighted by molar-refractivity contribution is 14.1. The number of benzene rings is 2. The molecular weight excluding hydrogens is 517 g/mol. The third-order valence-corrected chi connectivity index (χ3v) is 8.19. The fraction of sp³-hybridized carbons (Fsp3) is 0.409. The van der Waals surface area contributed by atoms with Gasteiger partial charge in [-0.15, -0.1) is 0 Å². The lowest BCUT2D eigenvalue weighted by Crippen LogP contribution is -2.48. The van der Waals surface area contributed by atoms with Crippen molar-refractivity contribution in [3.8, 4) is 23.0 Å². The van der Waals surface area contributed by atoms with Crippen molar-refractivity contribution >= 4 is 28.6 Å². The molecule has 2 atom stereocenters. The minimum Gasteiger partial charge on any atom is -0.493 e. The Hall–Kier alpha value is -2.24. The molecule has 3 aliphatic rings. The number of cyclic esters (lactones) is 1. The molecule has 0 radical (unpaired) electrons. The minimum atomic E-state index is -0.773. The lowest BCUT2D eigenvalue weighted by atomic mass is 9.83.